The molecule has 2 atom stereocenters. The van der Waals surface area contributed by atoms with Gasteiger partial charge in [-0.2, -0.15) is 0 Å². The second-order valence-electron chi connectivity index (χ2n) is 7.99. The van der Waals surface area contributed by atoms with Gasteiger partial charge in [0, 0.05) is 17.7 Å². The fourth-order valence-corrected chi connectivity index (χ4v) is 5.45. The van der Waals surface area contributed by atoms with Crippen molar-refractivity contribution in [2.75, 3.05) is 20.2 Å². The maximum Gasteiger partial charge on any atom is 0.168 e. The lowest BCUT2D eigenvalue weighted by Gasteiger charge is -2.41. The number of fused-ring (bicyclic) bond motifs is 2. The summed E-state index contributed by atoms with van der Waals surface area (Å²) in [5.41, 5.74) is 0.707. The third-order valence-corrected chi connectivity index (χ3v) is 6.59. The second kappa shape index (κ2) is 6.62. The van der Waals surface area contributed by atoms with Crippen LogP contribution in [0.15, 0.2) is 12.1 Å². The molecule has 3 aliphatic rings. The Morgan fingerprint density at radius 3 is 2.25 bits per heavy atom. The van der Waals surface area contributed by atoms with Crippen LogP contribution in [0.4, 0.5) is 8.78 Å². The maximum absolute atomic E-state index is 14.0. The zero-order valence-electron chi connectivity index (χ0n) is 14.4. The Balaban J connectivity index is 1.43. The first kappa shape index (κ1) is 16.3. The van der Waals surface area contributed by atoms with Gasteiger partial charge in [0.15, 0.2) is 11.6 Å². The predicted molar refractivity (Wildman–Crippen MR) is 90.3 cm³/mol. The highest BCUT2D eigenvalue weighted by Gasteiger charge is 2.37. The van der Waals surface area contributed by atoms with Gasteiger partial charge in [0.2, 0.25) is 0 Å². The SMILES string of the molecule is COc1c(F)cc(F)cc1C1CCN(C2CC3CCC(C3)C2)CC1. The molecule has 1 aromatic rings. The van der Waals surface area contributed by atoms with Gasteiger partial charge in [0.05, 0.1) is 7.11 Å². The maximum atomic E-state index is 14.0. The average molecular weight is 335 g/mol. The van der Waals surface area contributed by atoms with Gasteiger partial charge >= 0.3 is 0 Å². The Hall–Kier alpha value is -1.16. The molecule has 0 aromatic heterocycles. The number of methoxy groups -OCH3 is 1. The second-order valence-corrected chi connectivity index (χ2v) is 7.99. The van der Waals surface area contributed by atoms with E-state index in [1.807, 2.05) is 0 Å². The van der Waals surface area contributed by atoms with Crippen molar-refractivity contribution >= 4 is 0 Å². The van der Waals surface area contributed by atoms with E-state index in [4.69, 9.17) is 4.74 Å². The molecule has 2 nitrogen and oxygen atoms in total. The monoisotopic (exact) mass is 335 g/mol. The zero-order valence-corrected chi connectivity index (χ0v) is 14.4. The smallest absolute Gasteiger partial charge is 0.168 e. The van der Waals surface area contributed by atoms with E-state index in [1.165, 1.54) is 45.3 Å². The highest BCUT2D eigenvalue weighted by molar-refractivity contribution is 5.38. The third kappa shape index (κ3) is 3.05. The van der Waals surface area contributed by atoms with Crippen molar-refractivity contribution in [2.45, 2.75) is 56.9 Å². The van der Waals surface area contributed by atoms with Crippen molar-refractivity contribution in [3.05, 3.63) is 29.3 Å². The minimum Gasteiger partial charge on any atom is -0.493 e. The average Bonchev–Trinajstić information content (AvgIpc) is 2.92. The highest BCUT2D eigenvalue weighted by atomic mass is 19.1. The van der Waals surface area contributed by atoms with Gasteiger partial charge in [-0.3, -0.25) is 0 Å². The molecule has 24 heavy (non-hydrogen) atoms. The third-order valence-electron chi connectivity index (χ3n) is 6.59. The molecule has 0 amide bonds. The first-order valence-electron chi connectivity index (χ1n) is 9.41. The molecule has 0 spiro atoms. The first-order chi connectivity index (χ1) is 11.6. The molecule has 1 aromatic carbocycles. The number of hydrogen-bond donors (Lipinski definition) is 0. The highest BCUT2D eigenvalue weighted by Crippen LogP contribution is 2.45. The minimum absolute atomic E-state index is 0.196. The summed E-state index contributed by atoms with van der Waals surface area (Å²) in [7, 11) is 1.47. The molecule has 1 heterocycles. The number of hydrogen-bond acceptors (Lipinski definition) is 2. The predicted octanol–water partition coefficient (Wildman–Crippen LogP) is 4.73. The molecule has 1 aliphatic heterocycles. The van der Waals surface area contributed by atoms with E-state index >= 15 is 0 Å². The molecule has 132 valence electrons. The molecule has 1 saturated heterocycles. The van der Waals surface area contributed by atoms with E-state index in [1.54, 1.807) is 0 Å². The summed E-state index contributed by atoms with van der Waals surface area (Å²) in [4.78, 5) is 2.64. The van der Waals surface area contributed by atoms with Crippen LogP contribution in [-0.2, 0) is 0 Å². The summed E-state index contributed by atoms with van der Waals surface area (Å²) in [5, 5.41) is 0. The zero-order chi connectivity index (χ0) is 16.7. The van der Waals surface area contributed by atoms with Crippen LogP contribution in [0.5, 0.6) is 5.75 Å². The van der Waals surface area contributed by atoms with Crippen LogP contribution in [0.2, 0.25) is 0 Å². The minimum atomic E-state index is -0.584. The summed E-state index contributed by atoms with van der Waals surface area (Å²) in [6.07, 6.45) is 8.95. The molecular formula is C20H27F2NO. The van der Waals surface area contributed by atoms with Crippen molar-refractivity contribution in [1.29, 1.82) is 0 Å². The lowest BCUT2D eigenvalue weighted by atomic mass is 9.82. The van der Waals surface area contributed by atoms with Crippen LogP contribution in [0, 0.1) is 23.5 Å². The van der Waals surface area contributed by atoms with Gasteiger partial charge in [-0.05, 0) is 69.0 Å². The van der Waals surface area contributed by atoms with E-state index in [2.05, 4.69) is 4.90 Å². The van der Waals surface area contributed by atoms with Gasteiger partial charge < -0.3 is 9.64 Å². The standard InChI is InChI=1S/C20H27F2NO/c1-24-20-18(11-16(21)12-19(20)22)15-4-6-23(7-5-15)17-9-13-2-3-14(8-13)10-17/h11-15,17H,2-10H2,1H3. The van der Waals surface area contributed by atoms with Crippen LogP contribution in [0.1, 0.15) is 56.4 Å². The number of nitrogens with zero attached hydrogens (tertiary/aromatic N) is 1. The summed E-state index contributed by atoms with van der Waals surface area (Å²) in [6, 6.07) is 3.11. The molecule has 2 saturated carbocycles. The Morgan fingerprint density at radius 2 is 1.62 bits per heavy atom. The van der Waals surface area contributed by atoms with E-state index in [-0.39, 0.29) is 11.7 Å². The van der Waals surface area contributed by atoms with Gasteiger partial charge in [0.1, 0.15) is 5.82 Å². The fourth-order valence-electron chi connectivity index (χ4n) is 5.45. The van der Waals surface area contributed by atoms with Crippen LogP contribution >= 0.6 is 0 Å². The molecule has 4 rings (SSSR count). The van der Waals surface area contributed by atoms with E-state index in [0.717, 1.165) is 49.9 Å². The van der Waals surface area contributed by atoms with Gasteiger partial charge in [-0.25, -0.2) is 8.78 Å². The van der Waals surface area contributed by atoms with Gasteiger partial charge in [-0.15, -0.1) is 0 Å². The number of rotatable bonds is 3. The van der Waals surface area contributed by atoms with Gasteiger partial charge in [0.25, 0.3) is 0 Å². The van der Waals surface area contributed by atoms with Crippen LogP contribution in [-0.4, -0.2) is 31.1 Å². The number of piperidine rings is 1. The van der Waals surface area contributed by atoms with Crippen LogP contribution < -0.4 is 4.74 Å². The van der Waals surface area contributed by atoms with Crippen LogP contribution in [0.25, 0.3) is 0 Å². The summed E-state index contributed by atoms with van der Waals surface area (Å²) in [6.45, 7) is 2.08. The molecule has 2 unspecified atom stereocenters. The Labute approximate surface area is 143 Å². The van der Waals surface area contributed by atoms with Crippen molar-refractivity contribution < 1.29 is 13.5 Å². The molecule has 0 radical (unpaired) electrons. The molecule has 0 N–H and O–H groups in total. The van der Waals surface area contributed by atoms with E-state index < -0.39 is 11.6 Å². The number of benzene rings is 1. The molecule has 2 bridgehead atoms. The Bertz CT molecular complexity index is 586. The van der Waals surface area contributed by atoms with Crippen molar-refractivity contribution in [3.8, 4) is 5.75 Å². The fraction of sp³-hybridized carbons (Fsp3) is 0.700. The van der Waals surface area contributed by atoms with E-state index in [0.29, 0.717) is 5.56 Å². The summed E-state index contributed by atoms with van der Waals surface area (Å²) < 4.78 is 32.8. The number of ether oxygens (including phenoxy) is 1. The Kier molecular flexibility index (Phi) is 4.50. The molecular weight excluding hydrogens is 308 g/mol. The quantitative estimate of drug-likeness (QED) is 0.792. The normalized spacial score (nSPS) is 31.4. The van der Waals surface area contributed by atoms with Crippen molar-refractivity contribution in [1.82, 2.24) is 4.90 Å². The summed E-state index contributed by atoms with van der Waals surface area (Å²) in [5.74, 6) is 1.23. The molecule has 3 fully saturated rings. The first-order valence-corrected chi connectivity index (χ1v) is 9.41. The number of likely N-dealkylation sites (tertiary alicyclic amines) is 1. The van der Waals surface area contributed by atoms with Gasteiger partial charge in [-0.1, -0.05) is 12.8 Å². The van der Waals surface area contributed by atoms with Crippen molar-refractivity contribution in [2.24, 2.45) is 11.8 Å². The largest absolute Gasteiger partial charge is 0.493 e. The lowest BCUT2D eigenvalue weighted by molar-refractivity contribution is 0.0979. The van der Waals surface area contributed by atoms with Crippen LogP contribution in [0.3, 0.4) is 0 Å². The lowest BCUT2D eigenvalue weighted by Crippen LogP contribution is -2.43. The topological polar surface area (TPSA) is 12.5 Å². The Morgan fingerprint density at radius 1 is 0.958 bits per heavy atom. The van der Waals surface area contributed by atoms with E-state index in [9.17, 15) is 8.78 Å². The number of halogens is 2. The van der Waals surface area contributed by atoms with Crippen molar-refractivity contribution in [3.63, 3.8) is 0 Å². The molecule has 4 heteroatoms. The molecule has 2 aliphatic carbocycles. The summed E-state index contributed by atoms with van der Waals surface area (Å²) >= 11 is 0.